The molecule has 1 aromatic heterocycles. The van der Waals surface area contributed by atoms with Gasteiger partial charge in [0.25, 0.3) is 0 Å². The van der Waals surface area contributed by atoms with Crippen molar-refractivity contribution in [1.82, 2.24) is 14.8 Å². The Labute approximate surface area is 53.7 Å². The lowest BCUT2D eigenvalue weighted by Crippen LogP contribution is -2.07. The Morgan fingerprint density at radius 2 is 2.44 bits per heavy atom. The molecule has 1 atom stereocenters. The molecule has 0 bridgehead atoms. The molecule has 1 heterocycles. The van der Waals surface area contributed by atoms with Crippen molar-refractivity contribution in [2.75, 3.05) is 0 Å². The van der Waals surface area contributed by atoms with Crippen LogP contribution in [-0.4, -0.2) is 14.8 Å². The Balaban J connectivity index is 2.85. The van der Waals surface area contributed by atoms with E-state index in [0.717, 1.165) is 0 Å². The Bertz CT molecular complexity index is 191. The number of aromatic nitrogens is 3. The van der Waals surface area contributed by atoms with Gasteiger partial charge in [-0.1, -0.05) is 0 Å². The lowest BCUT2D eigenvalue weighted by molar-refractivity contribution is 0.693. The minimum Gasteiger partial charge on any atom is -0.321 e. The summed E-state index contributed by atoms with van der Waals surface area (Å²) in [6.45, 7) is 1.86. The van der Waals surface area contributed by atoms with Crippen molar-refractivity contribution in [3.05, 3.63) is 12.2 Å². The molecule has 0 aliphatic rings. The van der Waals surface area contributed by atoms with Gasteiger partial charge in [0.15, 0.2) is 5.82 Å². The summed E-state index contributed by atoms with van der Waals surface area (Å²) in [4.78, 5) is 3.94. The quantitative estimate of drug-likeness (QED) is 0.568. The van der Waals surface area contributed by atoms with Crippen LogP contribution in [0.5, 0.6) is 0 Å². The predicted molar refractivity (Wildman–Crippen MR) is 33.6 cm³/mol. The van der Waals surface area contributed by atoms with Crippen LogP contribution < -0.4 is 5.73 Å². The minimum atomic E-state index is -0.0637. The summed E-state index contributed by atoms with van der Waals surface area (Å²) >= 11 is 0. The van der Waals surface area contributed by atoms with Gasteiger partial charge in [-0.2, -0.15) is 5.10 Å². The summed E-state index contributed by atoms with van der Waals surface area (Å²) in [5.74, 6) is 0.692. The Kier molecular flexibility index (Phi) is 1.48. The molecule has 1 aromatic rings. The van der Waals surface area contributed by atoms with Crippen molar-refractivity contribution in [1.29, 1.82) is 0 Å². The maximum Gasteiger partial charge on any atom is 0.166 e. The van der Waals surface area contributed by atoms with E-state index in [-0.39, 0.29) is 6.04 Å². The van der Waals surface area contributed by atoms with Gasteiger partial charge in [0, 0.05) is 7.05 Å². The lowest BCUT2D eigenvalue weighted by atomic mass is 10.4. The number of hydrogen-bond acceptors (Lipinski definition) is 3. The fraction of sp³-hybridized carbons (Fsp3) is 0.600. The summed E-state index contributed by atoms with van der Waals surface area (Å²) in [7, 11) is 1.82. The van der Waals surface area contributed by atoms with Crippen LogP contribution in [0.2, 0.25) is 0 Å². The predicted octanol–water partition coefficient (Wildman–Crippen LogP) is -0.165. The normalized spacial score (nSPS) is 13.7. The Morgan fingerprint density at radius 3 is 2.67 bits per heavy atom. The maximum atomic E-state index is 5.49. The molecule has 1 rings (SSSR count). The molecule has 0 saturated carbocycles. The van der Waals surface area contributed by atoms with Crippen molar-refractivity contribution in [2.45, 2.75) is 13.0 Å². The second-order valence-electron chi connectivity index (χ2n) is 2.07. The summed E-state index contributed by atoms with van der Waals surface area (Å²) < 4.78 is 1.64. The van der Waals surface area contributed by atoms with Gasteiger partial charge in [-0.3, -0.25) is 4.68 Å². The van der Waals surface area contributed by atoms with E-state index in [2.05, 4.69) is 10.1 Å². The zero-order chi connectivity index (χ0) is 6.85. The fourth-order valence-corrected chi connectivity index (χ4v) is 0.565. The van der Waals surface area contributed by atoms with Crippen LogP contribution in [0.15, 0.2) is 6.33 Å². The molecule has 0 aliphatic carbocycles. The monoisotopic (exact) mass is 126 g/mol. The molecule has 0 spiro atoms. The number of aryl methyl sites for hydroxylation is 1. The first-order valence-corrected chi connectivity index (χ1v) is 2.81. The van der Waals surface area contributed by atoms with Crippen LogP contribution >= 0.6 is 0 Å². The third-order valence-electron chi connectivity index (χ3n) is 1.02. The molecule has 0 radical (unpaired) electrons. The van der Waals surface area contributed by atoms with Crippen LogP contribution in [0.25, 0.3) is 0 Å². The van der Waals surface area contributed by atoms with E-state index in [1.54, 1.807) is 11.0 Å². The standard InChI is InChI=1S/C5H10N4/c1-4(6)5-7-3-9(2)8-5/h3-4H,6H2,1-2H3. The molecule has 4 heteroatoms. The van der Waals surface area contributed by atoms with E-state index in [0.29, 0.717) is 5.82 Å². The average molecular weight is 126 g/mol. The molecule has 4 nitrogen and oxygen atoms in total. The van der Waals surface area contributed by atoms with Crippen molar-refractivity contribution < 1.29 is 0 Å². The Hall–Kier alpha value is -0.900. The molecule has 0 saturated heterocycles. The van der Waals surface area contributed by atoms with Gasteiger partial charge in [0.2, 0.25) is 0 Å². The summed E-state index contributed by atoms with van der Waals surface area (Å²) in [6.07, 6.45) is 1.64. The zero-order valence-electron chi connectivity index (χ0n) is 5.57. The smallest absolute Gasteiger partial charge is 0.166 e. The van der Waals surface area contributed by atoms with Gasteiger partial charge in [-0.25, -0.2) is 4.98 Å². The van der Waals surface area contributed by atoms with Crippen molar-refractivity contribution in [2.24, 2.45) is 12.8 Å². The topological polar surface area (TPSA) is 56.7 Å². The summed E-state index contributed by atoms with van der Waals surface area (Å²) in [5.41, 5.74) is 5.49. The first-order valence-electron chi connectivity index (χ1n) is 2.81. The van der Waals surface area contributed by atoms with Crippen LogP contribution in [0.3, 0.4) is 0 Å². The molecule has 50 valence electrons. The highest BCUT2D eigenvalue weighted by Gasteiger charge is 2.01. The molecule has 1 unspecified atom stereocenters. The SMILES string of the molecule is CC(N)c1ncn(C)n1. The molecule has 0 aliphatic heterocycles. The van der Waals surface area contributed by atoms with Gasteiger partial charge in [0.1, 0.15) is 6.33 Å². The van der Waals surface area contributed by atoms with E-state index >= 15 is 0 Å². The van der Waals surface area contributed by atoms with E-state index in [4.69, 9.17) is 5.73 Å². The first kappa shape index (κ1) is 6.22. The number of rotatable bonds is 1. The third-order valence-corrected chi connectivity index (χ3v) is 1.02. The van der Waals surface area contributed by atoms with Crippen molar-refractivity contribution in [3.8, 4) is 0 Å². The Morgan fingerprint density at radius 1 is 1.78 bits per heavy atom. The number of nitrogens with zero attached hydrogens (tertiary/aromatic N) is 3. The molecule has 0 fully saturated rings. The molecular formula is C5H10N4. The van der Waals surface area contributed by atoms with Crippen molar-refractivity contribution >= 4 is 0 Å². The molecular weight excluding hydrogens is 116 g/mol. The van der Waals surface area contributed by atoms with E-state index < -0.39 is 0 Å². The molecule has 0 aromatic carbocycles. The molecule has 0 amide bonds. The summed E-state index contributed by atoms with van der Waals surface area (Å²) in [6, 6.07) is -0.0637. The second-order valence-corrected chi connectivity index (χ2v) is 2.07. The fourth-order valence-electron chi connectivity index (χ4n) is 0.565. The van der Waals surface area contributed by atoms with E-state index in [1.807, 2.05) is 14.0 Å². The number of hydrogen-bond donors (Lipinski definition) is 1. The third kappa shape index (κ3) is 1.26. The van der Waals surface area contributed by atoms with Crippen LogP contribution in [-0.2, 0) is 7.05 Å². The van der Waals surface area contributed by atoms with E-state index in [1.165, 1.54) is 0 Å². The van der Waals surface area contributed by atoms with Crippen LogP contribution in [0.1, 0.15) is 18.8 Å². The maximum absolute atomic E-state index is 5.49. The summed E-state index contributed by atoms with van der Waals surface area (Å²) in [5, 5.41) is 3.99. The van der Waals surface area contributed by atoms with Crippen LogP contribution in [0, 0.1) is 0 Å². The second kappa shape index (κ2) is 2.14. The van der Waals surface area contributed by atoms with Gasteiger partial charge >= 0.3 is 0 Å². The zero-order valence-corrected chi connectivity index (χ0v) is 5.57. The highest BCUT2D eigenvalue weighted by atomic mass is 15.3. The number of nitrogens with two attached hydrogens (primary N) is 1. The van der Waals surface area contributed by atoms with E-state index in [9.17, 15) is 0 Å². The van der Waals surface area contributed by atoms with Crippen molar-refractivity contribution in [3.63, 3.8) is 0 Å². The van der Waals surface area contributed by atoms with Gasteiger partial charge in [0.05, 0.1) is 6.04 Å². The molecule has 9 heavy (non-hydrogen) atoms. The molecule has 2 N–H and O–H groups in total. The minimum absolute atomic E-state index is 0.0637. The first-order chi connectivity index (χ1) is 4.20. The van der Waals surface area contributed by atoms with Gasteiger partial charge in [-0.15, -0.1) is 0 Å². The largest absolute Gasteiger partial charge is 0.321 e. The average Bonchev–Trinajstić information content (AvgIpc) is 2.14. The highest BCUT2D eigenvalue weighted by molar-refractivity contribution is 4.86. The lowest BCUT2D eigenvalue weighted by Gasteiger charge is -1.94. The van der Waals surface area contributed by atoms with Gasteiger partial charge < -0.3 is 5.73 Å². The highest BCUT2D eigenvalue weighted by Crippen LogP contribution is 1.98. The van der Waals surface area contributed by atoms with Gasteiger partial charge in [-0.05, 0) is 6.92 Å². The van der Waals surface area contributed by atoms with Crippen LogP contribution in [0.4, 0.5) is 0 Å².